The molecule has 0 bridgehead atoms. The van der Waals surface area contributed by atoms with Crippen molar-refractivity contribution in [1.82, 2.24) is 10.2 Å². The summed E-state index contributed by atoms with van der Waals surface area (Å²) >= 11 is 0. The summed E-state index contributed by atoms with van der Waals surface area (Å²) < 4.78 is 10.9. The molecule has 0 radical (unpaired) electrons. The van der Waals surface area contributed by atoms with Crippen molar-refractivity contribution in [2.45, 2.75) is 19.1 Å². The minimum atomic E-state index is -0.680. The summed E-state index contributed by atoms with van der Waals surface area (Å²) in [5, 5.41) is 2.59. The van der Waals surface area contributed by atoms with Crippen LogP contribution in [0.15, 0.2) is 60.7 Å². The Balaban J connectivity index is 1.55. The first-order valence-electron chi connectivity index (χ1n) is 8.62. The second-order valence-corrected chi connectivity index (χ2v) is 6.12. The molecule has 2 aromatic rings. The van der Waals surface area contributed by atoms with Crippen LogP contribution in [-0.2, 0) is 9.53 Å². The quantitative estimate of drug-likeness (QED) is 0.917. The predicted molar refractivity (Wildman–Crippen MR) is 96.8 cm³/mol. The number of amides is 2. The molecule has 1 saturated heterocycles. The number of ether oxygens (including phenoxy) is 2. The fourth-order valence-electron chi connectivity index (χ4n) is 2.86. The van der Waals surface area contributed by atoms with Gasteiger partial charge in [0.25, 0.3) is 0 Å². The van der Waals surface area contributed by atoms with E-state index in [1.54, 1.807) is 36.1 Å². The molecule has 1 unspecified atom stereocenters. The molecule has 0 spiro atoms. The minimum Gasteiger partial charge on any atom is -0.410 e. The smallest absolute Gasteiger partial charge is 0.410 e. The lowest BCUT2D eigenvalue weighted by atomic mass is 10.1. The van der Waals surface area contributed by atoms with E-state index in [9.17, 15) is 9.59 Å². The highest BCUT2D eigenvalue weighted by Gasteiger charge is 2.29. The summed E-state index contributed by atoms with van der Waals surface area (Å²) in [6.07, 6.45) is -0.803. The van der Waals surface area contributed by atoms with Crippen molar-refractivity contribution in [3.8, 4) is 5.75 Å². The highest BCUT2D eigenvalue weighted by atomic mass is 16.6. The molecule has 0 aromatic heterocycles. The summed E-state index contributed by atoms with van der Waals surface area (Å²) in [4.78, 5) is 26.3. The second kappa shape index (κ2) is 8.49. The summed E-state index contributed by atoms with van der Waals surface area (Å²) in [7, 11) is 0. The molecular weight excluding hydrogens is 332 g/mol. The van der Waals surface area contributed by atoms with Crippen molar-refractivity contribution in [3.63, 3.8) is 0 Å². The van der Waals surface area contributed by atoms with Gasteiger partial charge in [0.15, 0.2) is 0 Å². The van der Waals surface area contributed by atoms with E-state index < -0.39 is 12.1 Å². The third-order valence-electron chi connectivity index (χ3n) is 4.21. The first-order valence-corrected chi connectivity index (χ1v) is 8.62. The fraction of sp³-hybridized carbons (Fsp3) is 0.300. The molecule has 136 valence electrons. The summed E-state index contributed by atoms with van der Waals surface area (Å²) in [5.74, 6) is 0.277. The molecule has 1 fully saturated rings. The number of hydrogen-bond acceptors (Lipinski definition) is 4. The summed E-state index contributed by atoms with van der Waals surface area (Å²) in [6, 6.07) is 17.9. The maximum Gasteiger partial charge on any atom is 0.413 e. The van der Waals surface area contributed by atoms with E-state index in [1.807, 2.05) is 36.4 Å². The Kier molecular flexibility index (Phi) is 5.86. The molecule has 2 amide bonds. The van der Waals surface area contributed by atoms with E-state index in [0.717, 1.165) is 5.56 Å². The van der Waals surface area contributed by atoms with Gasteiger partial charge in [0, 0.05) is 6.54 Å². The number of carbonyl (C=O) groups excluding carboxylic acids is 2. The van der Waals surface area contributed by atoms with Gasteiger partial charge in [-0.25, -0.2) is 4.79 Å². The van der Waals surface area contributed by atoms with Crippen LogP contribution >= 0.6 is 0 Å². The molecule has 1 heterocycles. The van der Waals surface area contributed by atoms with Gasteiger partial charge in [0.2, 0.25) is 5.91 Å². The highest BCUT2D eigenvalue weighted by molar-refractivity contribution is 5.85. The van der Waals surface area contributed by atoms with Gasteiger partial charge in [-0.05, 0) is 24.6 Å². The minimum absolute atomic E-state index is 0.153. The van der Waals surface area contributed by atoms with Crippen molar-refractivity contribution in [1.29, 1.82) is 0 Å². The predicted octanol–water partition coefficient (Wildman–Crippen LogP) is 2.76. The summed E-state index contributed by atoms with van der Waals surface area (Å²) in [6.45, 7) is 3.08. The normalized spacial score (nSPS) is 18.0. The van der Waals surface area contributed by atoms with Gasteiger partial charge in [0.1, 0.15) is 17.9 Å². The second-order valence-electron chi connectivity index (χ2n) is 6.12. The average molecular weight is 354 g/mol. The third-order valence-corrected chi connectivity index (χ3v) is 4.21. The molecule has 1 N–H and O–H groups in total. The molecule has 1 aliphatic heterocycles. The van der Waals surface area contributed by atoms with E-state index in [2.05, 4.69) is 5.32 Å². The van der Waals surface area contributed by atoms with E-state index in [1.165, 1.54) is 0 Å². The number of rotatable bonds is 4. The third kappa shape index (κ3) is 4.61. The van der Waals surface area contributed by atoms with Gasteiger partial charge in [0.05, 0.1) is 13.2 Å². The molecule has 6 nitrogen and oxygen atoms in total. The molecule has 2 atom stereocenters. The monoisotopic (exact) mass is 354 g/mol. The van der Waals surface area contributed by atoms with Crippen LogP contribution in [-0.4, -0.2) is 42.6 Å². The van der Waals surface area contributed by atoms with Crippen LogP contribution in [0.25, 0.3) is 0 Å². The zero-order valence-corrected chi connectivity index (χ0v) is 14.6. The maximum absolute atomic E-state index is 12.7. The average Bonchev–Trinajstić information content (AvgIpc) is 2.69. The zero-order valence-electron chi connectivity index (χ0n) is 14.6. The standard InChI is InChI=1S/C20H22N2O4/c1-15(21-20(24)26-17-10-6-3-7-11-17)19(23)22-12-13-25-18(14-22)16-8-4-2-5-9-16/h2-11,15,18H,12-14H2,1H3,(H,21,24)/t15-,18?/m0/s1. The van der Waals surface area contributed by atoms with Crippen LogP contribution in [0.5, 0.6) is 5.75 Å². The van der Waals surface area contributed by atoms with Gasteiger partial charge in [-0.2, -0.15) is 0 Å². The highest BCUT2D eigenvalue weighted by Crippen LogP contribution is 2.22. The molecule has 26 heavy (non-hydrogen) atoms. The molecule has 0 saturated carbocycles. The van der Waals surface area contributed by atoms with Gasteiger partial charge in [-0.1, -0.05) is 48.5 Å². The molecule has 3 rings (SSSR count). The van der Waals surface area contributed by atoms with Crippen molar-refractivity contribution in [3.05, 3.63) is 66.2 Å². The molecule has 6 heteroatoms. The van der Waals surface area contributed by atoms with Crippen LogP contribution in [0.3, 0.4) is 0 Å². The lowest BCUT2D eigenvalue weighted by molar-refractivity contribution is -0.140. The maximum atomic E-state index is 12.7. The largest absolute Gasteiger partial charge is 0.413 e. The Hall–Kier alpha value is -2.86. The van der Waals surface area contributed by atoms with Gasteiger partial charge in [-0.15, -0.1) is 0 Å². The first-order chi connectivity index (χ1) is 12.6. The number of benzene rings is 2. The van der Waals surface area contributed by atoms with Crippen LogP contribution in [0, 0.1) is 0 Å². The number of hydrogen-bond donors (Lipinski definition) is 1. The number of para-hydroxylation sites is 1. The van der Waals surface area contributed by atoms with Crippen LogP contribution in [0.1, 0.15) is 18.6 Å². The molecule has 1 aliphatic rings. The van der Waals surface area contributed by atoms with Gasteiger partial charge >= 0.3 is 6.09 Å². The number of nitrogens with zero attached hydrogens (tertiary/aromatic N) is 1. The van der Waals surface area contributed by atoms with Crippen LogP contribution in [0.4, 0.5) is 4.79 Å². The van der Waals surface area contributed by atoms with E-state index in [0.29, 0.717) is 25.4 Å². The Labute approximate surface area is 152 Å². The van der Waals surface area contributed by atoms with E-state index in [4.69, 9.17) is 9.47 Å². The van der Waals surface area contributed by atoms with Crippen molar-refractivity contribution >= 4 is 12.0 Å². The Morgan fingerprint density at radius 1 is 1.12 bits per heavy atom. The van der Waals surface area contributed by atoms with Gasteiger partial charge in [-0.3, -0.25) is 4.79 Å². The lowest BCUT2D eigenvalue weighted by Crippen LogP contribution is -2.51. The zero-order chi connectivity index (χ0) is 18.4. The summed E-state index contributed by atoms with van der Waals surface area (Å²) in [5.41, 5.74) is 1.04. The SMILES string of the molecule is C[C@H](NC(=O)Oc1ccccc1)C(=O)N1CCOC(c2ccccc2)C1. The van der Waals surface area contributed by atoms with Crippen molar-refractivity contribution in [2.75, 3.05) is 19.7 Å². The van der Waals surface area contributed by atoms with E-state index >= 15 is 0 Å². The fourth-order valence-corrected chi connectivity index (χ4v) is 2.86. The van der Waals surface area contributed by atoms with E-state index in [-0.39, 0.29) is 12.0 Å². The molecule has 2 aromatic carbocycles. The number of morpholine rings is 1. The Morgan fingerprint density at radius 2 is 1.77 bits per heavy atom. The number of carbonyl (C=O) groups is 2. The topological polar surface area (TPSA) is 67.9 Å². The first kappa shape index (κ1) is 17.9. The van der Waals surface area contributed by atoms with Crippen molar-refractivity contribution in [2.24, 2.45) is 0 Å². The van der Waals surface area contributed by atoms with Gasteiger partial charge < -0.3 is 19.7 Å². The Bertz CT molecular complexity index is 736. The lowest BCUT2D eigenvalue weighted by Gasteiger charge is -2.34. The molecule has 0 aliphatic carbocycles. The molecular formula is C20H22N2O4. The Morgan fingerprint density at radius 3 is 2.46 bits per heavy atom. The van der Waals surface area contributed by atoms with Crippen LogP contribution < -0.4 is 10.1 Å². The van der Waals surface area contributed by atoms with Crippen molar-refractivity contribution < 1.29 is 19.1 Å². The van der Waals surface area contributed by atoms with Crippen LogP contribution in [0.2, 0.25) is 0 Å². The number of nitrogens with one attached hydrogen (secondary N) is 1.